The Morgan fingerprint density at radius 2 is 1.91 bits per heavy atom. The standard InChI is InChI=1S/C26H19BrClN3O3/c1-2-33-24-12-17(10-20(15-30)26(32)31-22-9-5-8-21(28)13-22)11-23(27)25(24)34-16-19-7-4-3-6-18(19)14-29/h3-13H,2,16H2,1H3,(H,31,32)/b20-10+. The number of nitrogens with zero attached hydrogens (tertiary/aromatic N) is 2. The van der Waals surface area contributed by atoms with Crippen LogP contribution in [0.3, 0.4) is 0 Å². The molecule has 3 aromatic carbocycles. The Bertz CT molecular complexity index is 1330. The van der Waals surface area contributed by atoms with E-state index >= 15 is 0 Å². The zero-order valence-electron chi connectivity index (χ0n) is 18.1. The van der Waals surface area contributed by atoms with Gasteiger partial charge < -0.3 is 14.8 Å². The topological polar surface area (TPSA) is 95.1 Å². The van der Waals surface area contributed by atoms with Crippen molar-refractivity contribution in [3.8, 4) is 23.6 Å². The van der Waals surface area contributed by atoms with E-state index in [1.807, 2.05) is 25.1 Å². The van der Waals surface area contributed by atoms with Crippen molar-refractivity contribution in [3.05, 3.63) is 92.4 Å². The summed E-state index contributed by atoms with van der Waals surface area (Å²) in [6.45, 7) is 2.39. The van der Waals surface area contributed by atoms with E-state index < -0.39 is 5.91 Å². The second kappa shape index (κ2) is 11.9. The summed E-state index contributed by atoms with van der Waals surface area (Å²) >= 11 is 9.45. The minimum absolute atomic E-state index is 0.0917. The molecule has 6 nitrogen and oxygen atoms in total. The quantitative estimate of drug-likeness (QED) is 0.262. The lowest BCUT2D eigenvalue weighted by molar-refractivity contribution is -0.112. The van der Waals surface area contributed by atoms with Crippen LogP contribution in [0.25, 0.3) is 6.08 Å². The Kier molecular flexibility index (Phi) is 8.70. The van der Waals surface area contributed by atoms with Gasteiger partial charge in [-0.3, -0.25) is 4.79 Å². The van der Waals surface area contributed by atoms with E-state index in [1.165, 1.54) is 6.08 Å². The smallest absolute Gasteiger partial charge is 0.266 e. The van der Waals surface area contributed by atoms with Crippen molar-refractivity contribution >= 4 is 45.2 Å². The van der Waals surface area contributed by atoms with Gasteiger partial charge in [-0.15, -0.1) is 0 Å². The Balaban J connectivity index is 1.87. The minimum atomic E-state index is -0.563. The zero-order valence-corrected chi connectivity index (χ0v) is 20.5. The van der Waals surface area contributed by atoms with Crippen molar-refractivity contribution in [1.29, 1.82) is 10.5 Å². The molecule has 34 heavy (non-hydrogen) atoms. The molecule has 0 radical (unpaired) electrons. The molecule has 0 atom stereocenters. The van der Waals surface area contributed by atoms with Crippen molar-refractivity contribution in [2.24, 2.45) is 0 Å². The number of amides is 1. The molecule has 0 aliphatic heterocycles. The fourth-order valence-electron chi connectivity index (χ4n) is 3.06. The molecule has 0 aliphatic carbocycles. The number of benzene rings is 3. The Labute approximate surface area is 211 Å². The molecule has 3 aromatic rings. The van der Waals surface area contributed by atoms with Crippen LogP contribution in [0.1, 0.15) is 23.6 Å². The molecule has 8 heteroatoms. The molecule has 170 valence electrons. The van der Waals surface area contributed by atoms with Crippen molar-refractivity contribution in [3.63, 3.8) is 0 Å². The number of anilines is 1. The molecule has 0 heterocycles. The normalized spacial score (nSPS) is 10.7. The van der Waals surface area contributed by atoms with Crippen molar-refractivity contribution < 1.29 is 14.3 Å². The molecular formula is C26H19BrClN3O3. The van der Waals surface area contributed by atoms with Gasteiger partial charge in [0.2, 0.25) is 0 Å². The summed E-state index contributed by atoms with van der Waals surface area (Å²) in [5, 5.41) is 22.0. The van der Waals surface area contributed by atoms with Crippen molar-refractivity contribution in [2.75, 3.05) is 11.9 Å². The number of rotatable bonds is 8. The minimum Gasteiger partial charge on any atom is -0.490 e. The lowest BCUT2D eigenvalue weighted by atomic mass is 10.1. The molecule has 0 aliphatic rings. The van der Waals surface area contributed by atoms with Gasteiger partial charge in [-0.2, -0.15) is 10.5 Å². The fraction of sp³-hybridized carbons (Fsp3) is 0.115. The summed E-state index contributed by atoms with van der Waals surface area (Å²) in [7, 11) is 0. The molecule has 0 unspecified atom stereocenters. The maximum Gasteiger partial charge on any atom is 0.266 e. The van der Waals surface area contributed by atoms with Crippen LogP contribution in [0.4, 0.5) is 5.69 Å². The van der Waals surface area contributed by atoms with Crippen LogP contribution in [0.5, 0.6) is 11.5 Å². The monoisotopic (exact) mass is 535 g/mol. The van der Waals surface area contributed by atoms with Gasteiger partial charge in [0.05, 0.1) is 22.7 Å². The number of carbonyl (C=O) groups is 1. The highest BCUT2D eigenvalue weighted by Crippen LogP contribution is 2.38. The third-order valence-electron chi connectivity index (χ3n) is 4.60. The highest BCUT2D eigenvalue weighted by atomic mass is 79.9. The third kappa shape index (κ3) is 6.39. The Morgan fingerprint density at radius 3 is 2.62 bits per heavy atom. The largest absolute Gasteiger partial charge is 0.490 e. The Hall–Kier alpha value is -3.78. The molecule has 1 N–H and O–H groups in total. The van der Waals surface area contributed by atoms with Gasteiger partial charge in [0.15, 0.2) is 11.5 Å². The first-order valence-corrected chi connectivity index (χ1v) is 11.4. The molecule has 1 amide bonds. The molecule has 0 saturated heterocycles. The van der Waals surface area contributed by atoms with Gasteiger partial charge in [-0.1, -0.05) is 35.9 Å². The summed E-state index contributed by atoms with van der Waals surface area (Å²) in [6.07, 6.45) is 1.46. The second-order valence-electron chi connectivity index (χ2n) is 6.95. The maximum absolute atomic E-state index is 12.6. The van der Waals surface area contributed by atoms with E-state index in [-0.39, 0.29) is 12.2 Å². The van der Waals surface area contributed by atoms with E-state index in [4.69, 9.17) is 21.1 Å². The SMILES string of the molecule is CCOc1cc(/C=C(\C#N)C(=O)Nc2cccc(Cl)c2)cc(Br)c1OCc1ccccc1C#N. The van der Waals surface area contributed by atoms with Gasteiger partial charge in [-0.25, -0.2) is 0 Å². The van der Waals surface area contributed by atoms with E-state index in [0.717, 1.165) is 5.56 Å². The number of halogens is 2. The summed E-state index contributed by atoms with van der Waals surface area (Å²) < 4.78 is 12.3. The molecule has 0 bridgehead atoms. The second-order valence-corrected chi connectivity index (χ2v) is 8.25. The third-order valence-corrected chi connectivity index (χ3v) is 5.42. The molecule has 0 spiro atoms. The Morgan fingerprint density at radius 1 is 1.12 bits per heavy atom. The lowest BCUT2D eigenvalue weighted by Crippen LogP contribution is -2.13. The zero-order chi connectivity index (χ0) is 24.5. The van der Waals surface area contributed by atoms with Crippen LogP contribution >= 0.6 is 27.5 Å². The van der Waals surface area contributed by atoms with E-state index in [2.05, 4.69) is 27.3 Å². The summed E-state index contributed by atoms with van der Waals surface area (Å²) in [6, 6.07) is 21.3. The number of nitrogens with one attached hydrogen (secondary N) is 1. The first-order chi connectivity index (χ1) is 16.4. The van der Waals surface area contributed by atoms with Gasteiger partial charge in [-0.05, 0) is 70.9 Å². The summed E-state index contributed by atoms with van der Waals surface area (Å²) in [4.78, 5) is 12.6. The molecule has 0 saturated carbocycles. The predicted octanol–water partition coefficient (Wildman–Crippen LogP) is 6.50. The molecule has 0 aromatic heterocycles. The highest BCUT2D eigenvalue weighted by molar-refractivity contribution is 9.10. The van der Waals surface area contributed by atoms with E-state index in [0.29, 0.717) is 44.4 Å². The molecule has 3 rings (SSSR count). The number of carbonyl (C=O) groups excluding carboxylic acids is 1. The van der Waals surface area contributed by atoms with Gasteiger partial charge in [0.25, 0.3) is 5.91 Å². The number of ether oxygens (including phenoxy) is 2. The lowest BCUT2D eigenvalue weighted by Gasteiger charge is -2.15. The van der Waals surface area contributed by atoms with Crippen molar-refractivity contribution in [1.82, 2.24) is 0 Å². The van der Waals surface area contributed by atoms with Crippen LogP contribution in [0, 0.1) is 22.7 Å². The fourth-order valence-corrected chi connectivity index (χ4v) is 3.82. The predicted molar refractivity (Wildman–Crippen MR) is 134 cm³/mol. The maximum atomic E-state index is 12.6. The van der Waals surface area contributed by atoms with Crippen LogP contribution in [-0.4, -0.2) is 12.5 Å². The van der Waals surface area contributed by atoms with Crippen LogP contribution in [-0.2, 0) is 11.4 Å². The van der Waals surface area contributed by atoms with Gasteiger partial charge in [0.1, 0.15) is 18.2 Å². The van der Waals surface area contributed by atoms with E-state index in [1.54, 1.807) is 48.5 Å². The van der Waals surface area contributed by atoms with E-state index in [9.17, 15) is 15.3 Å². The number of hydrogen-bond donors (Lipinski definition) is 1. The molecule has 0 fully saturated rings. The first kappa shape index (κ1) is 24.9. The van der Waals surface area contributed by atoms with Crippen LogP contribution in [0.2, 0.25) is 5.02 Å². The summed E-state index contributed by atoms with van der Waals surface area (Å²) in [5.74, 6) is 0.325. The molecular weight excluding hydrogens is 518 g/mol. The summed E-state index contributed by atoms with van der Waals surface area (Å²) in [5.41, 5.74) is 2.23. The van der Waals surface area contributed by atoms with Gasteiger partial charge in [0, 0.05) is 16.3 Å². The average molecular weight is 537 g/mol. The average Bonchev–Trinajstić information content (AvgIpc) is 2.82. The number of nitriles is 2. The number of hydrogen-bond acceptors (Lipinski definition) is 5. The first-order valence-electron chi connectivity index (χ1n) is 10.2. The van der Waals surface area contributed by atoms with Crippen LogP contribution in [0.15, 0.2) is 70.7 Å². The van der Waals surface area contributed by atoms with Gasteiger partial charge >= 0.3 is 0 Å². The van der Waals surface area contributed by atoms with Crippen molar-refractivity contribution in [2.45, 2.75) is 13.5 Å². The highest BCUT2D eigenvalue weighted by Gasteiger charge is 2.15. The van der Waals surface area contributed by atoms with Crippen LogP contribution < -0.4 is 14.8 Å².